The standard InChI is InChI=1S/C17H21N3O3/c1-12-10-14(23-19-12)11-16(21)20-8-5-13(6-9-20)17(22)15-4-2-3-7-18-15/h2-4,7,10,13,17,22H,5-6,8-9,11H2,1H3/t17-/m0/s1. The van der Waals surface area contributed by atoms with Crippen LogP contribution >= 0.6 is 0 Å². The van der Waals surface area contributed by atoms with E-state index in [-0.39, 0.29) is 18.2 Å². The molecular weight excluding hydrogens is 294 g/mol. The molecule has 1 amide bonds. The second kappa shape index (κ2) is 6.91. The fourth-order valence-corrected chi connectivity index (χ4v) is 3.02. The van der Waals surface area contributed by atoms with Crippen LogP contribution in [0.5, 0.6) is 0 Å². The number of amides is 1. The SMILES string of the molecule is Cc1cc(CC(=O)N2CCC([C@H](O)c3ccccn3)CC2)on1. The normalized spacial score (nSPS) is 17.2. The fraction of sp³-hybridized carbons (Fsp3) is 0.471. The number of aliphatic hydroxyl groups is 1. The Balaban J connectivity index is 1.53. The van der Waals surface area contributed by atoms with Gasteiger partial charge in [0.15, 0.2) is 0 Å². The van der Waals surface area contributed by atoms with E-state index < -0.39 is 6.10 Å². The number of piperidine rings is 1. The minimum Gasteiger partial charge on any atom is -0.387 e. The van der Waals surface area contributed by atoms with Gasteiger partial charge in [0.1, 0.15) is 5.76 Å². The van der Waals surface area contributed by atoms with Crippen molar-refractivity contribution in [3.05, 3.63) is 47.6 Å². The average molecular weight is 315 g/mol. The van der Waals surface area contributed by atoms with E-state index in [1.165, 1.54) is 0 Å². The molecule has 122 valence electrons. The van der Waals surface area contributed by atoms with Crippen molar-refractivity contribution >= 4 is 5.91 Å². The molecule has 0 spiro atoms. The van der Waals surface area contributed by atoms with Crippen LogP contribution in [0.3, 0.4) is 0 Å². The Kier molecular flexibility index (Phi) is 4.71. The summed E-state index contributed by atoms with van der Waals surface area (Å²) in [5, 5.41) is 14.2. The van der Waals surface area contributed by atoms with Gasteiger partial charge in [0, 0.05) is 25.4 Å². The van der Waals surface area contributed by atoms with Crippen molar-refractivity contribution in [2.75, 3.05) is 13.1 Å². The molecule has 6 heteroatoms. The molecule has 1 N–H and O–H groups in total. The van der Waals surface area contributed by atoms with Gasteiger partial charge in [0.05, 0.1) is 23.9 Å². The van der Waals surface area contributed by atoms with E-state index in [0.717, 1.165) is 18.5 Å². The number of hydrogen-bond acceptors (Lipinski definition) is 5. The fourth-order valence-electron chi connectivity index (χ4n) is 3.02. The van der Waals surface area contributed by atoms with E-state index in [0.29, 0.717) is 24.5 Å². The molecule has 23 heavy (non-hydrogen) atoms. The molecule has 3 heterocycles. The van der Waals surface area contributed by atoms with E-state index in [4.69, 9.17) is 4.52 Å². The summed E-state index contributed by atoms with van der Waals surface area (Å²) in [6.07, 6.45) is 2.92. The number of rotatable bonds is 4. The van der Waals surface area contributed by atoms with Crippen molar-refractivity contribution in [2.24, 2.45) is 5.92 Å². The number of likely N-dealkylation sites (tertiary alicyclic amines) is 1. The van der Waals surface area contributed by atoms with Gasteiger partial charge in [0.25, 0.3) is 0 Å². The Morgan fingerprint density at radius 3 is 2.83 bits per heavy atom. The van der Waals surface area contributed by atoms with Crippen LogP contribution in [0, 0.1) is 12.8 Å². The van der Waals surface area contributed by atoms with Crippen molar-refractivity contribution in [1.82, 2.24) is 15.0 Å². The van der Waals surface area contributed by atoms with Crippen LogP contribution in [0.4, 0.5) is 0 Å². The number of aromatic nitrogens is 2. The molecule has 0 bridgehead atoms. The Bertz CT molecular complexity index is 648. The molecule has 1 aliphatic heterocycles. The highest BCUT2D eigenvalue weighted by molar-refractivity contribution is 5.78. The van der Waals surface area contributed by atoms with Crippen LogP contribution in [0.1, 0.15) is 36.1 Å². The van der Waals surface area contributed by atoms with Crippen LogP contribution < -0.4 is 0 Å². The number of aryl methyl sites for hydroxylation is 1. The number of aliphatic hydroxyl groups excluding tert-OH is 1. The molecule has 6 nitrogen and oxygen atoms in total. The zero-order valence-corrected chi connectivity index (χ0v) is 13.2. The third-order valence-corrected chi connectivity index (χ3v) is 4.33. The zero-order chi connectivity index (χ0) is 16.2. The number of pyridine rings is 1. The number of nitrogens with zero attached hydrogens (tertiary/aromatic N) is 3. The van der Waals surface area contributed by atoms with Gasteiger partial charge in [0.2, 0.25) is 5.91 Å². The summed E-state index contributed by atoms with van der Waals surface area (Å²) in [6.45, 7) is 3.14. The van der Waals surface area contributed by atoms with Gasteiger partial charge in [-0.2, -0.15) is 0 Å². The molecule has 1 saturated heterocycles. The Morgan fingerprint density at radius 2 is 2.22 bits per heavy atom. The number of carbonyl (C=O) groups is 1. The van der Waals surface area contributed by atoms with Crippen LogP contribution in [0.15, 0.2) is 35.0 Å². The van der Waals surface area contributed by atoms with Crippen molar-refractivity contribution in [1.29, 1.82) is 0 Å². The van der Waals surface area contributed by atoms with Gasteiger partial charge < -0.3 is 14.5 Å². The first-order valence-electron chi connectivity index (χ1n) is 7.92. The van der Waals surface area contributed by atoms with Gasteiger partial charge in [-0.05, 0) is 37.8 Å². The lowest BCUT2D eigenvalue weighted by Crippen LogP contribution is -2.40. The molecule has 0 aromatic carbocycles. The first-order chi connectivity index (χ1) is 11.1. The van der Waals surface area contributed by atoms with Gasteiger partial charge >= 0.3 is 0 Å². The van der Waals surface area contributed by atoms with Crippen LogP contribution in [-0.2, 0) is 11.2 Å². The van der Waals surface area contributed by atoms with Crippen molar-refractivity contribution in [2.45, 2.75) is 32.3 Å². The van der Waals surface area contributed by atoms with E-state index >= 15 is 0 Å². The first kappa shape index (κ1) is 15.7. The van der Waals surface area contributed by atoms with E-state index in [1.54, 1.807) is 12.3 Å². The topological polar surface area (TPSA) is 79.5 Å². The lowest BCUT2D eigenvalue weighted by atomic mass is 9.89. The predicted molar refractivity (Wildman–Crippen MR) is 83.4 cm³/mol. The molecule has 2 aromatic rings. The lowest BCUT2D eigenvalue weighted by Gasteiger charge is -2.34. The quantitative estimate of drug-likeness (QED) is 0.932. The van der Waals surface area contributed by atoms with E-state index in [1.807, 2.05) is 30.0 Å². The Hall–Kier alpha value is -2.21. The summed E-state index contributed by atoms with van der Waals surface area (Å²) >= 11 is 0. The first-order valence-corrected chi connectivity index (χ1v) is 7.92. The van der Waals surface area contributed by atoms with Gasteiger partial charge in [-0.1, -0.05) is 11.2 Å². The van der Waals surface area contributed by atoms with Crippen LogP contribution in [0.2, 0.25) is 0 Å². The molecule has 1 fully saturated rings. The van der Waals surface area contributed by atoms with E-state index in [2.05, 4.69) is 10.1 Å². The molecule has 0 aliphatic carbocycles. The summed E-state index contributed by atoms with van der Waals surface area (Å²) in [5.74, 6) is 0.788. The summed E-state index contributed by atoms with van der Waals surface area (Å²) in [4.78, 5) is 18.3. The largest absolute Gasteiger partial charge is 0.387 e. The van der Waals surface area contributed by atoms with Crippen LogP contribution in [0.25, 0.3) is 0 Å². The number of carbonyl (C=O) groups excluding carboxylic acids is 1. The van der Waals surface area contributed by atoms with Gasteiger partial charge in [-0.3, -0.25) is 9.78 Å². The maximum atomic E-state index is 12.3. The highest BCUT2D eigenvalue weighted by Crippen LogP contribution is 2.29. The molecular formula is C17H21N3O3. The minimum atomic E-state index is -0.564. The van der Waals surface area contributed by atoms with Gasteiger partial charge in [-0.25, -0.2) is 0 Å². The summed E-state index contributed by atoms with van der Waals surface area (Å²) in [5.41, 5.74) is 1.49. The van der Waals surface area contributed by atoms with Gasteiger partial charge in [-0.15, -0.1) is 0 Å². The summed E-state index contributed by atoms with van der Waals surface area (Å²) in [7, 11) is 0. The van der Waals surface area contributed by atoms with E-state index in [9.17, 15) is 9.90 Å². The number of hydrogen-bond donors (Lipinski definition) is 1. The highest BCUT2D eigenvalue weighted by atomic mass is 16.5. The molecule has 2 aromatic heterocycles. The van der Waals surface area contributed by atoms with Crippen molar-refractivity contribution < 1.29 is 14.4 Å². The summed E-state index contributed by atoms with van der Waals surface area (Å²) in [6, 6.07) is 7.34. The maximum Gasteiger partial charge on any atom is 0.230 e. The Labute approximate surface area is 135 Å². The van der Waals surface area contributed by atoms with Crippen molar-refractivity contribution in [3.63, 3.8) is 0 Å². The van der Waals surface area contributed by atoms with Crippen LogP contribution in [-0.4, -0.2) is 39.1 Å². The molecule has 1 atom stereocenters. The molecule has 0 radical (unpaired) electrons. The third-order valence-electron chi connectivity index (χ3n) is 4.33. The smallest absolute Gasteiger partial charge is 0.230 e. The highest BCUT2D eigenvalue weighted by Gasteiger charge is 2.29. The predicted octanol–water partition coefficient (Wildman–Crippen LogP) is 1.89. The Morgan fingerprint density at radius 1 is 1.43 bits per heavy atom. The monoisotopic (exact) mass is 315 g/mol. The molecule has 0 saturated carbocycles. The molecule has 1 aliphatic rings. The average Bonchev–Trinajstić information content (AvgIpc) is 3.00. The third kappa shape index (κ3) is 3.76. The molecule has 3 rings (SSSR count). The van der Waals surface area contributed by atoms with Crippen molar-refractivity contribution in [3.8, 4) is 0 Å². The lowest BCUT2D eigenvalue weighted by molar-refractivity contribution is -0.132. The second-order valence-corrected chi connectivity index (χ2v) is 6.03. The zero-order valence-electron chi connectivity index (χ0n) is 13.2. The molecule has 0 unspecified atom stereocenters. The summed E-state index contributed by atoms with van der Waals surface area (Å²) < 4.78 is 5.10. The minimum absolute atomic E-state index is 0.0481. The maximum absolute atomic E-state index is 12.3. The second-order valence-electron chi connectivity index (χ2n) is 6.03.